The van der Waals surface area contributed by atoms with E-state index in [1.807, 2.05) is 14.2 Å². The topological polar surface area (TPSA) is 21.3 Å². The number of rotatable bonds is 2. The first-order valence-corrected chi connectivity index (χ1v) is 4.48. The molecule has 0 radical (unpaired) electrons. The standard InChI is InChI=1S/C9H19NO/c1-7-4-5-8(10-2)6-9(7)11-3/h7-10H,4-6H2,1-3H3. The lowest BCUT2D eigenvalue weighted by Gasteiger charge is -2.33. The number of hydrogen-bond acceptors (Lipinski definition) is 2. The van der Waals surface area contributed by atoms with Crippen molar-refractivity contribution in [1.29, 1.82) is 0 Å². The molecule has 0 saturated heterocycles. The van der Waals surface area contributed by atoms with E-state index in [4.69, 9.17) is 4.74 Å². The minimum atomic E-state index is 0.473. The normalized spacial score (nSPS) is 39.0. The molecular formula is C9H19NO. The van der Waals surface area contributed by atoms with Crippen LogP contribution in [-0.2, 0) is 4.74 Å². The lowest BCUT2D eigenvalue weighted by atomic mass is 9.85. The highest BCUT2D eigenvalue weighted by molar-refractivity contribution is 4.81. The van der Waals surface area contributed by atoms with E-state index in [0.717, 1.165) is 5.92 Å². The van der Waals surface area contributed by atoms with Crippen molar-refractivity contribution in [2.45, 2.75) is 38.3 Å². The van der Waals surface area contributed by atoms with Gasteiger partial charge in [0, 0.05) is 13.2 Å². The highest BCUT2D eigenvalue weighted by Gasteiger charge is 2.26. The number of methoxy groups -OCH3 is 1. The molecule has 0 aliphatic heterocycles. The van der Waals surface area contributed by atoms with Gasteiger partial charge in [-0.15, -0.1) is 0 Å². The average molecular weight is 157 g/mol. The fraction of sp³-hybridized carbons (Fsp3) is 1.00. The summed E-state index contributed by atoms with van der Waals surface area (Å²) in [5, 5.41) is 3.31. The zero-order valence-corrected chi connectivity index (χ0v) is 7.76. The van der Waals surface area contributed by atoms with Gasteiger partial charge in [-0.3, -0.25) is 0 Å². The second-order valence-electron chi connectivity index (χ2n) is 3.55. The summed E-state index contributed by atoms with van der Waals surface area (Å²) in [6.07, 6.45) is 4.25. The Bertz CT molecular complexity index is 116. The summed E-state index contributed by atoms with van der Waals surface area (Å²) < 4.78 is 5.40. The van der Waals surface area contributed by atoms with E-state index in [1.54, 1.807) is 0 Å². The van der Waals surface area contributed by atoms with Gasteiger partial charge < -0.3 is 10.1 Å². The molecule has 0 aromatic carbocycles. The molecule has 0 spiro atoms. The van der Waals surface area contributed by atoms with Gasteiger partial charge in [0.1, 0.15) is 0 Å². The molecule has 1 rings (SSSR count). The second kappa shape index (κ2) is 4.07. The molecule has 1 aliphatic rings. The molecular weight excluding hydrogens is 138 g/mol. The molecule has 2 heteroatoms. The Hall–Kier alpha value is -0.0800. The molecule has 1 aliphatic carbocycles. The molecule has 3 atom stereocenters. The van der Waals surface area contributed by atoms with Gasteiger partial charge in [0.2, 0.25) is 0 Å². The number of hydrogen-bond donors (Lipinski definition) is 1. The zero-order chi connectivity index (χ0) is 8.27. The van der Waals surface area contributed by atoms with Gasteiger partial charge in [-0.2, -0.15) is 0 Å². The molecule has 0 aromatic heterocycles. The Morgan fingerprint density at radius 2 is 2.09 bits per heavy atom. The predicted molar refractivity (Wildman–Crippen MR) is 46.7 cm³/mol. The highest BCUT2D eigenvalue weighted by Crippen LogP contribution is 2.25. The van der Waals surface area contributed by atoms with E-state index in [1.165, 1.54) is 19.3 Å². The third kappa shape index (κ3) is 2.17. The molecule has 0 amide bonds. The van der Waals surface area contributed by atoms with Crippen LogP contribution in [0.1, 0.15) is 26.2 Å². The van der Waals surface area contributed by atoms with Crippen molar-refractivity contribution in [3.8, 4) is 0 Å². The van der Waals surface area contributed by atoms with Crippen LogP contribution in [-0.4, -0.2) is 26.3 Å². The fourth-order valence-corrected chi connectivity index (χ4v) is 1.87. The van der Waals surface area contributed by atoms with E-state index in [9.17, 15) is 0 Å². The largest absolute Gasteiger partial charge is 0.381 e. The van der Waals surface area contributed by atoms with Crippen molar-refractivity contribution >= 4 is 0 Å². The van der Waals surface area contributed by atoms with E-state index < -0.39 is 0 Å². The molecule has 11 heavy (non-hydrogen) atoms. The van der Waals surface area contributed by atoms with Gasteiger partial charge in [-0.1, -0.05) is 6.92 Å². The van der Waals surface area contributed by atoms with Crippen LogP contribution in [0, 0.1) is 5.92 Å². The van der Waals surface area contributed by atoms with E-state index in [2.05, 4.69) is 12.2 Å². The Kier molecular flexibility index (Phi) is 3.34. The minimum absolute atomic E-state index is 0.473. The summed E-state index contributed by atoms with van der Waals surface area (Å²) in [6, 6.07) is 0.677. The van der Waals surface area contributed by atoms with Crippen molar-refractivity contribution in [2.75, 3.05) is 14.2 Å². The third-order valence-corrected chi connectivity index (χ3v) is 2.83. The smallest absolute Gasteiger partial charge is 0.0611 e. The van der Waals surface area contributed by atoms with Crippen molar-refractivity contribution in [3.63, 3.8) is 0 Å². The first-order valence-electron chi connectivity index (χ1n) is 4.48. The Balaban J connectivity index is 2.37. The monoisotopic (exact) mass is 157 g/mol. The van der Waals surface area contributed by atoms with Crippen LogP contribution >= 0.6 is 0 Å². The third-order valence-electron chi connectivity index (χ3n) is 2.83. The molecule has 0 heterocycles. The SMILES string of the molecule is CNC1CCC(C)C(OC)C1. The number of nitrogens with one attached hydrogen (secondary N) is 1. The van der Waals surface area contributed by atoms with E-state index in [-0.39, 0.29) is 0 Å². The Labute approximate surface area is 69.3 Å². The van der Waals surface area contributed by atoms with Crippen molar-refractivity contribution < 1.29 is 4.74 Å². The Morgan fingerprint density at radius 1 is 1.36 bits per heavy atom. The van der Waals surface area contributed by atoms with Crippen LogP contribution in [0.15, 0.2) is 0 Å². The van der Waals surface area contributed by atoms with Crippen LogP contribution in [0.4, 0.5) is 0 Å². The van der Waals surface area contributed by atoms with E-state index in [0.29, 0.717) is 12.1 Å². The average Bonchev–Trinajstić information content (AvgIpc) is 2.05. The molecule has 3 unspecified atom stereocenters. The summed E-state index contributed by atoms with van der Waals surface area (Å²) in [6.45, 7) is 2.28. The molecule has 1 fully saturated rings. The van der Waals surface area contributed by atoms with Gasteiger partial charge in [0.05, 0.1) is 6.10 Å². The van der Waals surface area contributed by atoms with Crippen molar-refractivity contribution in [1.82, 2.24) is 5.32 Å². The first kappa shape index (κ1) is 9.01. The summed E-state index contributed by atoms with van der Waals surface area (Å²) in [7, 11) is 3.85. The quantitative estimate of drug-likeness (QED) is 0.654. The fourth-order valence-electron chi connectivity index (χ4n) is 1.87. The molecule has 1 N–H and O–H groups in total. The molecule has 2 nitrogen and oxygen atoms in total. The van der Waals surface area contributed by atoms with Gasteiger partial charge >= 0.3 is 0 Å². The van der Waals surface area contributed by atoms with Gasteiger partial charge in [0.15, 0.2) is 0 Å². The first-order chi connectivity index (χ1) is 5.27. The van der Waals surface area contributed by atoms with Crippen LogP contribution in [0.25, 0.3) is 0 Å². The van der Waals surface area contributed by atoms with E-state index >= 15 is 0 Å². The van der Waals surface area contributed by atoms with Gasteiger partial charge in [0.25, 0.3) is 0 Å². The van der Waals surface area contributed by atoms with Crippen molar-refractivity contribution in [3.05, 3.63) is 0 Å². The minimum Gasteiger partial charge on any atom is -0.381 e. The van der Waals surface area contributed by atoms with Crippen LogP contribution in [0.5, 0.6) is 0 Å². The lowest BCUT2D eigenvalue weighted by Crippen LogP contribution is -2.38. The zero-order valence-electron chi connectivity index (χ0n) is 7.76. The maximum atomic E-state index is 5.40. The van der Waals surface area contributed by atoms with Gasteiger partial charge in [-0.05, 0) is 32.2 Å². The summed E-state index contributed by atoms with van der Waals surface area (Å²) >= 11 is 0. The highest BCUT2D eigenvalue weighted by atomic mass is 16.5. The van der Waals surface area contributed by atoms with Crippen LogP contribution in [0.3, 0.4) is 0 Å². The van der Waals surface area contributed by atoms with Crippen molar-refractivity contribution in [2.24, 2.45) is 5.92 Å². The van der Waals surface area contributed by atoms with Gasteiger partial charge in [-0.25, -0.2) is 0 Å². The molecule has 0 aromatic rings. The molecule has 66 valence electrons. The molecule has 0 bridgehead atoms. The number of ether oxygens (including phenoxy) is 1. The second-order valence-corrected chi connectivity index (χ2v) is 3.55. The summed E-state index contributed by atoms with van der Waals surface area (Å²) in [5.41, 5.74) is 0. The van der Waals surface area contributed by atoms with Crippen LogP contribution in [0.2, 0.25) is 0 Å². The maximum Gasteiger partial charge on any atom is 0.0611 e. The summed E-state index contributed by atoms with van der Waals surface area (Å²) in [4.78, 5) is 0. The molecule has 1 saturated carbocycles. The maximum absolute atomic E-state index is 5.40. The lowest BCUT2D eigenvalue weighted by molar-refractivity contribution is 0.0207. The van der Waals surface area contributed by atoms with Crippen LogP contribution < -0.4 is 5.32 Å². The summed E-state index contributed by atoms with van der Waals surface area (Å²) in [5.74, 6) is 0.740. The Morgan fingerprint density at radius 3 is 2.64 bits per heavy atom. The predicted octanol–water partition coefficient (Wildman–Crippen LogP) is 1.41.